The third-order valence-electron chi connectivity index (χ3n) is 5.79. The molecule has 3 nitrogen and oxygen atoms in total. The fourth-order valence-corrected chi connectivity index (χ4v) is 3.97. The Morgan fingerprint density at radius 1 is 1.05 bits per heavy atom. The van der Waals surface area contributed by atoms with Gasteiger partial charge in [-0.3, -0.25) is 0 Å². The molecule has 0 atom stereocenters. The molecule has 3 aliphatic rings. The molecule has 0 aromatic rings. The molecular weight excluding hydrogens is 248 g/mol. The van der Waals surface area contributed by atoms with E-state index in [1.54, 1.807) is 0 Å². The van der Waals surface area contributed by atoms with Gasteiger partial charge in [0, 0.05) is 32.2 Å². The van der Waals surface area contributed by atoms with E-state index in [1.165, 1.54) is 51.6 Å². The van der Waals surface area contributed by atoms with Crippen LogP contribution >= 0.6 is 0 Å². The van der Waals surface area contributed by atoms with Crippen molar-refractivity contribution in [2.75, 3.05) is 26.2 Å². The van der Waals surface area contributed by atoms with E-state index in [1.807, 2.05) is 0 Å². The third-order valence-corrected chi connectivity index (χ3v) is 5.79. The SMILES string of the molecule is CC1CCC(CNC2CC2)(CN2CCC(O)CC2)CC1. The van der Waals surface area contributed by atoms with Crippen LogP contribution in [0.1, 0.15) is 58.3 Å². The number of nitrogens with one attached hydrogen (secondary N) is 1. The van der Waals surface area contributed by atoms with Crippen LogP contribution in [-0.4, -0.2) is 48.3 Å². The van der Waals surface area contributed by atoms with Crippen molar-refractivity contribution < 1.29 is 5.11 Å². The number of nitrogens with zero attached hydrogens (tertiary/aromatic N) is 1. The van der Waals surface area contributed by atoms with Crippen molar-refractivity contribution >= 4 is 0 Å². The number of aliphatic hydroxyl groups is 1. The minimum absolute atomic E-state index is 0.0434. The highest BCUT2D eigenvalue weighted by Gasteiger charge is 2.37. The van der Waals surface area contributed by atoms with Crippen LogP contribution in [0.5, 0.6) is 0 Å². The fraction of sp³-hybridized carbons (Fsp3) is 1.00. The second-order valence-corrected chi connectivity index (χ2v) is 7.85. The quantitative estimate of drug-likeness (QED) is 0.812. The minimum Gasteiger partial charge on any atom is -0.393 e. The lowest BCUT2D eigenvalue weighted by molar-refractivity contribution is 0.0369. The Kier molecular flexibility index (Phi) is 4.68. The number of hydrogen-bond acceptors (Lipinski definition) is 3. The van der Waals surface area contributed by atoms with E-state index < -0.39 is 0 Å². The summed E-state index contributed by atoms with van der Waals surface area (Å²) < 4.78 is 0. The maximum atomic E-state index is 9.68. The van der Waals surface area contributed by atoms with E-state index in [2.05, 4.69) is 17.1 Å². The van der Waals surface area contributed by atoms with Gasteiger partial charge >= 0.3 is 0 Å². The van der Waals surface area contributed by atoms with Crippen LogP contribution in [0.25, 0.3) is 0 Å². The van der Waals surface area contributed by atoms with Crippen molar-refractivity contribution in [3.8, 4) is 0 Å². The molecule has 3 rings (SSSR count). The lowest BCUT2D eigenvalue weighted by Gasteiger charge is -2.44. The van der Waals surface area contributed by atoms with Crippen molar-refractivity contribution in [2.45, 2.75) is 70.4 Å². The van der Waals surface area contributed by atoms with Crippen LogP contribution in [-0.2, 0) is 0 Å². The van der Waals surface area contributed by atoms with Crippen molar-refractivity contribution in [1.82, 2.24) is 10.2 Å². The second-order valence-electron chi connectivity index (χ2n) is 7.85. The Labute approximate surface area is 124 Å². The van der Waals surface area contributed by atoms with Gasteiger partial charge in [-0.15, -0.1) is 0 Å². The predicted octanol–water partition coefficient (Wildman–Crippen LogP) is 2.39. The van der Waals surface area contributed by atoms with Crippen LogP contribution in [0.2, 0.25) is 0 Å². The zero-order valence-electron chi connectivity index (χ0n) is 13.1. The molecule has 2 N–H and O–H groups in total. The van der Waals surface area contributed by atoms with Crippen molar-refractivity contribution in [1.29, 1.82) is 0 Å². The molecule has 0 aromatic heterocycles. The summed E-state index contributed by atoms with van der Waals surface area (Å²) in [6, 6.07) is 0.828. The number of piperidine rings is 1. The highest BCUT2D eigenvalue weighted by Crippen LogP contribution is 2.40. The van der Waals surface area contributed by atoms with Crippen LogP contribution in [0, 0.1) is 11.3 Å². The Bertz CT molecular complexity index is 300. The van der Waals surface area contributed by atoms with Crippen LogP contribution in [0.15, 0.2) is 0 Å². The molecule has 0 amide bonds. The average Bonchev–Trinajstić information content (AvgIpc) is 3.27. The molecule has 116 valence electrons. The molecule has 0 bridgehead atoms. The van der Waals surface area contributed by atoms with Crippen LogP contribution in [0.4, 0.5) is 0 Å². The summed E-state index contributed by atoms with van der Waals surface area (Å²) in [5.41, 5.74) is 0.511. The normalized spacial score (nSPS) is 37.2. The maximum absolute atomic E-state index is 9.68. The largest absolute Gasteiger partial charge is 0.393 e. The predicted molar refractivity (Wildman–Crippen MR) is 82.8 cm³/mol. The number of hydrogen-bond donors (Lipinski definition) is 2. The smallest absolute Gasteiger partial charge is 0.0564 e. The molecule has 3 heteroatoms. The summed E-state index contributed by atoms with van der Waals surface area (Å²) in [4.78, 5) is 2.62. The molecule has 2 aliphatic carbocycles. The summed E-state index contributed by atoms with van der Waals surface area (Å²) in [5.74, 6) is 0.923. The van der Waals surface area contributed by atoms with E-state index >= 15 is 0 Å². The average molecular weight is 280 g/mol. The topological polar surface area (TPSA) is 35.5 Å². The molecule has 20 heavy (non-hydrogen) atoms. The van der Waals surface area contributed by atoms with E-state index in [0.717, 1.165) is 37.9 Å². The lowest BCUT2D eigenvalue weighted by Crippen LogP contribution is -2.49. The lowest BCUT2D eigenvalue weighted by atomic mass is 9.70. The number of rotatable bonds is 5. The van der Waals surface area contributed by atoms with Crippen LogP contribution in [0.3, 0.4) is 0 Å². The summed E-state index contributed by atoms with van der Waals surface area (Å²) in [7, 11) is 0. The fourth-order valence-electron chi connectivity index (χ4n) is 3.97. The third kappa shape index (κ3) is 3.96. The first-order valence-electron chi connectivity index (χ1n) is 8.79. The van der Waals surface area contributed by atoms with Gasteiger partial charge in [-0.25, -0.2) is 0 Å². The maximum Gasteiger partial charge on any atom is 0.0564 e. The van der Waals surface area contributed by atoms with Gasteiger partial charge in [-0.2, -0.15) is 0 Å². The zero-order valence-corrected chi connectivity index (χ0v) is 13.1. The number of aliphatic hydroxyl groups excluding tert-OH is 1. The van der Waals surface area contributed by atoms with Gasteiger partial charge < -0.3 is 15.3 Å². The summed E-state index contributed by atoms with van der Waals surface area (Å²) in [6.45, 7) is 7.09. The number of likely N-dealkylation sites (tertiary alicyclic amines) is 1. The first-order valence-corrected chi connectivity index (χ1v) is 8.79. The van der Waals surface area contributed by atoms with Gasteiger partial charge in [0.2, 0.25) is 0 Å². The Balaban J connectivity index is 1.55. The van der Waals surface area contributed by atoms with Gasteiger partial charge in [-0.1, -0.05) is 19.8 Å². The Morgan fingerprint density at radius 3 is 2.30 bits per heavy atom. The van der Waals surface area contributed by atoms with Crippen molar-refractivity contribution in [3.05, 3.63) is 0 Å². The minimum atomic E-state index is -0.0434. The molecule has 2 saturated carbocycles. The zero-order chi connectivity index (χ0) is 14.0. The molecule has 1 saturated heterocycles. The van der Waals surface area contributed by atoms with Crippen molar-refractivity contribution in [2.24, 2.45) is 11.3 Å². The molecule has 0 spiro atoms. The highest BCUT2D eigenvalue weighted by molar-refractivity contribution is 4.93. The van der Waals surface area contributed by atoms with Crippen LogP contribution < -0.4 is 5.32 Å². The molecule has 0 radical (unpaired) electrons. The van der Waals surface area contributed by atoms with Gasteiger partial charge in [0.05, 0.1) is 6.10 Å². The van der Waals surface area contributed by atoms with Gasteiger partial charge in [0.25, 0.3) is 0 Å². The first kappa shape index (κ1) is 14.8. The van der Waals surface area contributed by atoms with E-state index in [9.17, 15) is 5.11 Å². The standard InChI is InChI=1S/C17H32N2O/c1-14-4-8-17(9-5-14,12-18-15-2-3-15)13-19-10-6-16(20)7-11-19/h14-16,18,20H,2-13H2,1H3. The van der Waals surface area contributed by atoms with E-state index in [4.69, 9.17) is 0 Å². The van der Waals surface area contributed by atoms with E-state index in [-0.39, 0.29) is 6.10 Å². The van der Waals surface area contributed by atoms with Crippen molar-refractivity contribution in [3.63, 3.8) is 0 Å². The van der Waals surface area contributed by atoms with Gasteiger partial charge in [0.15, 0.2) is 0 Å². The molecule has 3 fully saturated rings. The summed E-state index contributed by atoms with van der Waals surface area (Å²) in [6.07, 6.45) is 10.3. The molecule has 1 heterocycles. The molecular formula is C17H32N2O. The second kappa shape index (κ2) is 6.33. The van der Waals surface area contributed by atoms with E-state index in [0.29, 0.717) is 5.41 Å². The Hall–Kier alpha value is -0.120. The molecule has 0 unspecified atom stereocenters. The highest BCUT2D eigenvalue weighted by atomic mass is 16.3. The van der Waals surface area contributed by atoms with Gasteiger partial charge in [0.1, 0.15) is 0 Å². The summed E-state index contributed by atoms with van der Waals surface area (Å²) >= 11 is 0. The molecule has 1 aliphatic heterocycles. The first-order chi connectivity index (χ1) is 9.65. The van der Waals surface area contributed by atoms with Gasteiger partial charge in [-0.05, 0) is 49.9 Å². The summed E-state index contributed by atoms with van der Waals surface area (Å²) in [5, 5.41) is 13.5. The molecule has 0 aromatic carbocycles. The monoisotopic (exact) mass is 280 g/mol. The Morgan fingerprint density at radius 2 is 1.70 bits per heavy atom.